The fraction of sp³-hybridized carbons (Fsp3) is 1.00. The molecule has 0 aliphatic rings. The van der Waals surface area contributed by atoms with Crippen LogP contribution in [0, 0.1) is 0 Å². The van der Waals surface area contributed by atoms with Gasteiger partial charge in [-0.1, -0.05) is 22.6 Å². The van der Waals surface area contributed by atoms with E-state index in [-0.39, 0.29) is 3.42 Å². The quantitative estimate of drug-likeness (QED) is 0.611. The maximum atomic E-state index is 10.6. The van der Waals surface area contributed by atoms with Crippen molar-refractivity contribution in [1.82, 2.24) is 4.72 Å². The highest BCUT2D eigenvalue weighted by Crippen LogP contribution is 2.14. The zero-order chi connectivity index (χ0) is 8.41. The number of halogens is 1. The van der Waals surface area contributed by atoms with Crippen LogP contribution >= 0.6 is 22.6 Å². The number of hydrogen-bond donors (Lipinski definition) is 1. The first-order valence-electron chi connectivity index (χ1n) is 2.84. The van der Waals surface area contributed by atoms with Crippen LogP contribution in [0.1, 0.15) is 13.8 Å². The largest absolute Gasteiger partial charge is 0.214 e. The summed E-state index contributed by atoms with van der Waals surface area (Å²) in [6, 6.07) is 0. The van der Waals surface area contributed by atoms with Gasteiger partial charge in [-0.3, -0.25) is 0 Å². The van der Waals surface area contributed by atoms with Crippen LogP contribution in [-0.4, -0.2) is 24.6 Å². The smallest absolute Gasteiger partial charge is 0.208 e. The Morgan fingerprint density at radius 1 is 1.50 bits per heavy atom. The van der Waals surface area contributed by atoms with Gasteiger partial charge in [0.25, 0.3) is 0 Å². The molecule has 1 N–H and O–H groups in total. The highest BCUT2D eigenvalue weighted by molar-refractivity contribution is 14.1. The Bertz CT molecular complexity index is 192. The fourth-order valence-electron chi connectivity index (χ4n) is 0.303. The average molecular weight is 277 g/mol. The van der Waals surface area contributed by atoms with Gasteiger partial charge in [-0.05, 0) is 13.8 Å². The summed E-state index contributed by atoms with van der Waals surface area (Å²) < 4.78 is 23.5. The predicted molar refractivity (Wildman–Crippen MR) is 50.9 cm³/mol. The van der Waals surface area contributed by atoms with Crippen molar-refractivity contribution < 1.29 is 8.42 Å². The third-order valence-electron chi connectivity index (χ3n) is 0.755. The Hall–Kier alpha value is 0.640. The molecule has 0 aliphatic carbocycles. The molecule has 0 atom stereocenters. The second-order valence-corrected chi connectivity index (χ2v) is 7.57. The SMILES string of the molecule is CC(C)(I)CNS(C)(=O)=O. The van der Waals surface area contributed by atoms with E-state index in [4.69, 9.17) is 0 Å². The molecule has 0 aromatic heterocycles. The molecule has 0 aromatic carbocycles. The average Bonchev–Trinajstić information content (AvgIpc) is 1.57. The molecule has 0 amide bonds. The van der Waals surface area contributed by atoms with Crippen molar-refractivity contribution >= 4 is 32.6 Å². The monoisotopic (exact) mass is 277 g/mol. The molecule has 62 valence electrons. The molecule has 0 fully saturated rings. The van der Waals surface area contributed by atoms with E-state index in [1.54, 1.807) is 0 Å². The van der Waals surface area contributed by atoms with Crippen LogP contribution in [-0.2, 0) is 10.0 Å². The lowest BCUT2D eigenvalue weighted by Crippen LogP contribution is -2.33. The highest BCUT2D eigenvalue weighted by atomic mass is 127. The van der Waals surface area contributed by atoms with Crippen molar-refractivity contribution in [2.24, 2.45) is 0 Å². The first-order chi connectivity index (χ1) is 4.21. The number of hydrogen-bond acceptors (Lipinski definition) is 2. The van der Waals surface area contributed by atoms with E-state index in [2.05, 4.69) is 27.3 Å². The second kappa shape index (κ2) is 3.36. The summed E-state index contributed by atoms with van der Waals surface area (Å²) >= 11 is 2.19. The molecule has 0 spiro atoms. The molecule has 5 heteroatoms. The van der Waals surface area contributed by atoms with E-state index in [1.165, 1.54) is 0 Å². The summed E-state index contributed by atoms with van der Waals surface area (Å²) in [4.78, 5) is 0. The Balaban J connectivity index is 3.79. The van der Waals surface area contributed by atoms with Crippen molar-refractivity contribution in [3.05, 3.63) is 0 Å². The first kappa shape index (κ1) is 10.6. The minimum Gasteiger partial charge on any atom is -0.214 e. The summed E-state index contributed by atoms with van der Waals surface area (Å²) in [6.07, 6.45) is 1.16. The third kappa shape index (κ3) is 8.64. The number of rotatable bonds is 3. The Labute approximate surface area is 75.8 Å². The van der Waals surface area contributed by atoms with E-state index >= 15 is 0 Å². The summed E-state index contributed by atoms with van der Waals surface area (Å²) in [5.41, 5.74) is 0. The lowest BCUT2D eigenvalue weighted by molar-refractivity contribution is 0.580. The van der Waals surface area contributed by atoms with Crippen molar-refractivity contribution in [3.63, 3.8) is 0 Å². The van der Waals surface area contributed by atoms with Crippen LogP contribution in [0.5, 0.6) is 0 Å². The van der Waals surface area contributed by atoms with Crippen molar-refractivity contribution in [2.45, 2.75) is 17.3 Å². The molecular formula is C5H12INO2S. The van der Waals surface area contributed by atoms with Gasteiger partial charge in [0.1, 0.15) is 0 Å². The zero-order valence-electron chi connectivity index (χ0n) is 6.31. The van der Waals surface area contributed by atoms with E-state index < -0.39 is 10.0 Å². The normalized spacial score (nSPS) is 13.6. The van der Waals surface area contributed by atoms with Gasteiger partial charge in [-0.2, -0.15) is 0 Å². The van der Waals surface area contributed by atoms with Gasteiger partial charge in [0.2, 0.25) is 10.0 Å². The Kier molecular flexibility index (Phi) is 3.57. The fourth-order valence-corrected chi connectivity index (χ4v) is 1.38. The Morgan fingerprint density at radius 3 is 2.00 bits per heavy atom. The number of alkyl halides is 1. The van der Waals surface area contributed by atoms with Gasteiger partial charge in [-0.15, -0.1) is 0 Å². The predicted octanol–water partition coefficient (Wildman–Crippen LogP) is 0.749. The van der Waals surface area contributed by atoms with Gasteiger partial charge >= 0.3 is 0 Å². The first-order valence-corrected chi connectivity index (χ1v) is 5.81. The van der Waals surface area contributed by atoms with E-state index in [0.717, 1.165) is 6.26 Å². The Morgan fingerprint density at radius 2 is 1.90 bits per heavy atom. The second-order valence-electron chi connectivity index (χ2n) is 2.81. The number of nitrogens with one attached hydrogen (secondary N) is 1. The van der Waals surface area contributed by atoms with Gasteiger partial charge < -0.3 is 0 Å². The molecule has 0 saturated carbocycles. The van der Waals surface area contributed by atoms with Gasteiger partial charge in [0.15, 0.2) is 0 Å². The van der Waals surface area contributed by atoms with E-state index in [9.17, 15) is 8.42 Å². The molecular weight excluding hydrogens is 265 g/mol. The molecule has 0 bridgehead atoms. The van der Waals surface area contributed by atoms with Crippen molar-refractivity contribution in [3.8, 4) is 0 Å². The van der Waals surface area contributed by atoms with E-state index in [1.807, 2.05) is 13.8 Å². The van der Waals surface area contributed by atoms with E-state index in [0.29, 0.717) is 6.54 Å². The van der Waals surface area contributed by atoms with Gasteiger partial charge in [0.05, 0.1) is 6.26 Å². The minimum absolute atomic E-state index is 0.0131. The highest BCUT2D eigenvalue weighted by Gasteiger charge is 2.14. The summed E-state index contributed by atoms with van der Waals surface area (Å²) in [7, 11) is -3.01. The maximum absolute atomic E-state index is 10.6. The van der Waals surface area contributed by atoms with Crippen LogP contribution in [0.3, 0.4) is 0 Å². The lowest BCUT2D eigenvalue weighted by atomic mass is 10.2. The van der Waals surface area contributed by atoms with Gasteiger partial charge in [0, 0.05) is 9.97 Å². The molecule has 10 heavy (non-hydrogen) atoms. The maximum Gasteiger partial charge on any atom is 0.208 e. The summed E-state index contributed by atoms with van der Waals surface area (Å²) in [6.45, 7) is 4.41. The molecule has 0 heterocycles. The molecule has 0 aromatic rings. The third-order valence-corrected chi connectivity index (χ3v) is 1.80. The molecule has 0 radical (unpaired) electrons. The lowest BCUT2D eigenvalue weighted by Gasteiger charge is -2.15. The molecule has 0 unspecified atom stereocenters. The van der Waals surface area contributed by atoms with Crippen LogP contribution in [0.4, 0.5) is 0 Å². The molecule has 3 nitrogen and oxygen atoms in total. The van der Waals surface area contributed by atoms with Gasteiger partial charge in [-0.25, -0.2) is 13.1 Å². The van der Waals surface area contributed by atoms with Crippen molar-refractivity contribution in [1.29, 1.82) is 0 Å². The summed E-state index contributed by atoms with van der Waals surface area (Å²) in [5.74, 6) is 0. The zero-order valence-corrected chi connectivity index (χ0v) is 9.28. The molecule has 0 saturated heterocycles. The van der Waals surface area contributed by atoms with Crippen molar-refractivity contribution in [2.75, 3.05) is 12.8 Å². The summed E-state index contributed by atoms with van der Waals surface area (Å²) in [5, 5.41) is 0. The molecule has 0 aliphatic heterocycles. The van der Waals surface area contributed by atoms with Crippen LogP contribution in [0.15, 0.2) is 0 Å². The van der Waals surface area contributed by atoms with Crippen LogP contribution in [0.25, 0.3) is 0 Å². The topological polar surface area (TPSA) is 46.2 Å². The van der Waals surface area contributed by atoms with Crippen LogP contribution in [0.2, 0.25) is 0 Å². The molecule has 0 rings (SSSR count). The minimum atomic E-state index is -3.01. The number of sulfonamides is 1. The van der Waals surface area contributed by atoms with Crippen LogP contribution < -0.4 is 4.72 Å². The standard InChI is InChI=1S/C5H12INO2S/c1-5(2,6)4-7-10(3,8)9/h7H,4H2,1-3H3.